The summed E-state index contributed by atoms with van der Waals surface area (Å²) >= 11 is 0. The molecule has 2 aliphatic rings. The van der Waals surface area contributed by atoms with Gasteiger partial charge in [0.25, 0.3) is 0 Å². The molecule has 0 spiro atoms. The van der Waals surface area contributed by atoms with E-state index >= 15 is 0 Å². The molecule has 1 heterocycles. The summed E-state index contributed by atoms with van der Waals surface area (Å²) in [5.74, 6) is 0.824. The van der Waals surface area contributed by atoms with E-state index in [0.717, 1.165) is 6.42 Å². The van der Waals surface area contributed by atoms with Gasteiger partial charge in [-0.1, -0.05) is 26.2 Å². The van der Waals surface area contributed by atoms with Crippen LogP contribution in [0.1, 0.15) is 39.0 Å². The number of amides is 1. The first-order valence-corrected chi connectivity index (χ1v) is 7.31. The molecule has 4 heteroatoms. The fourth-order valence-electron chi connectivity index (χ4n) is 3.27. The molecule has 0 aromatic carbocycles. The van der Waals surface area contributed by atoms with Crippen molar-refractivity contribution in [2.75, 3.05) is 20.3 Å². The predicted octanol–water partition coefficient (Wildman–Crippen LogP) is 1.31. The average molecular weight is 254 g/mol. The highest BCUT2D eigenvalue weighted by Crippen LogP contribution is 2.27. The Kier molecular flexibility index (Phi) is 5.01. The summed E-state index contributed by atoms with van der Waals surface area (Å²) in [5.41, 5.74) is 0. The zero-order chi connectivity index (χ0) is 13.0. The number of likely N-dealkylation sites (N-methyl/N-ethyl adjacent to an activating group) is 1. The Bertz CT molecular complexity index is 283. The third-order valence-electron chi connectivity index (χ3n) is 4.55. The lowest BCUT2D eigenvalue weighted by Gasteiger charge is -2.32. The van der Waals surface area contributed by atoms with Crippen molar-refractivity contribution in [3.05, 3.63) is 0 Å². The van der Waals surface area contributed by atoms with Crippen LogP contribution in [0.4, 0.5) is 0 Å². The fourth-order valence-corrected chi connectivity index (χ4v) is 3.27. The summed E-state index contributed by atoms with van der Waals surface area (Å²) in [5, 5.41) is 6.44. The van der Waals surface area contributed by atoms with Gasteiger partial charge < -0.3 is 15.4 Å². The maximum Gasteiger partial charge on any atom is 0.227 e. The Morgan fingerprint density at radius 3 is 2.72 bits per heavy atom. The lowest BCUT2D eigenvalue weighted by atomic mass is 9.82. The molecule has 2 fully saturated rings. The van der Waals surface area contributed by atoms with Crippen molar-refractivity contribution >= 4 is 5.91 Å². The summed E-state index contributed by atoms with van der Waals surface area (Å²) in [4.78, 5) is 12.3. The molecule has 0 aromatic heterocycles. The molecule has 4 nitrogen and oxygen atoms in total. The molecule has 0 radical (unpaired) electrons. The van der Waals surface area contributed by atoms with E-state index in [-0.39, 0.29) is 17.9 Å². The molecule has 1 saturated heterocycles. The van der Waals surface area contributed by atoms with Gasteiger partial charge in [-0.05, 0) is 25.8 Å². The van der Waals surface area contributed by atoms with Crippen LogP contribution in [0.3, 0.4) is 0 Å². The molecule has 104 valence electrons. The van der Waals surface area contributed by atoms with Crippen LogP contribution in [0.5, 0.6) is 0 Å². The van der Waals surface area contributed by atoms with Gasteiger partial charge >= 0.3 is 0 Å². The molecule has 0 bridgehead atoms. The minimum absolute atomic E-state index is 0.0190. The first-order valence-electron chi connectivity index (χ1n) is 7.31. The zero-order valence-corrected chi connectivity index (χ0v) is 11.6. The SMILES string of the molecule is CCC1CCCCC1NC(=O)C1COCC1NC. The maximum atomic E-state index is 12.3. The highest BCUT2D eigenvalue weighted by Gasteiger charge is 2.35. The van der Waals surface area contributed by atoms with Crippen molar-refractivity contribution in [2.24, 2.45) is 11.8 Å². The van der Waals surface area contributed by atoms with Crippen LogP contribution < -0.4 is 10.6 Å². The van der Waals surface area contributed by atoms with Crippen molar-refractivity contribution < 1.29 is 9.53 Å². The summed E-state index contributed by atoms with van der Waals surface area (Å²) in [6.07, 6.45) is 6.14. The van der Waals surface area contributed by atoms with Crippen molar-refractivity contribution in [1.29, 1.82) is 0 Å². The van der Waals surface area contributed by atoms with Crippen molar-refractivity contribution in [2.45, 2.75) is 51.1 Å². The number of nitrogens with one attached hydrogen (secondary N) is 2. The van der Waals surface area contributed by atoms with E-state index in [2.05, 4.69) is 17.6 Å². The van der Waals surface area contributed by atoms with Crippen molar-refractivity contribution in [3.8, 4) is 0 Å². The monoisotopic (exact) mass is 254 g/mol. The minimum Gasteiger partial charge on any atom is -0.379 e. The molecular weight excluding hydrogens is 228 g/mol. The first-order chi connectivity index (χ1) is 8.76. The van der Waals surface area contributed by atoms with Gasteiger partial charge in [0.1, 0.15) is 0 Å². The standard InChI is InChI=1S/C14H26N2O2/c1-3-10-6-4-5-7-12(10)16-14(17)11-8-18-9-13(11)15-2/h10-13,15H,3-9H2,1-2H3,(H,16,17). The van der Waals surface area contributed by atoms with Crippen LogP contribution in [-0.4, -0.2) is 38.3 Å². The summed E-state index contributed by atoms with van der Waals surface area (Å²) in [7, 11) is 1.90. The molecule has 1 aliphatic carbocycles. The Labute approximate surface area is 110 Å². The average Bonchev–Trinajstić information content (AvgIpc) is 2.87. The summed E-state index contributed by atoms with van der Waals surface area (Å²) in [6.45, 7) is 3.43. The van der Waals surface area contributed by atoms with Gasteiger partial charge in [0.05, 0.1) is 19.1 Å². The lowest BCUT2D eigenvalue weighted by molar-refractivity contribution is -0.126. The van der Waals surface area contributed by atoms with Gasteiger partial charge in [-0.15, -0.1) is 0 Å². The molecule has 4 atom stereocenters. The van der Waals surface area contributed by atoms with Gasteiger partial charge in [-0.25, -0.2) is 0 Å². The van der Waals surface area contributed by atoms with E-state index in [0.29, 0.717) is 25.2 Å². The van der Waals surface area contributed by atoms with Crippen molar-refractivity contribution in [3.63, 3.8) is 0 Å². The van der Waals surface area contributed by atoms with E-state index in [1.165, 1.54) is 25.7 Å². The predicted molar refractivity (Wildman–Crippen MR) is 71.3 cm³/mol. The number of carbonyl (C=O) groups excluding carboxylic acids is 1. The second kappa shape index (κ2) is 6.53. The Morgan fingerprint density at radius 1 is 1.22 bits per heavy atom. The summed E-state index contributed by atoms with van der Waals surface area (Å²) in [6, 6.07) is 0.558. The number of ether oxygens (including phenoxy) is 1. The number of hydrogen-bond acceptors (Lipinski definition) is 3. The van der Waals surface area contributed by atoms with Crippen LogP contribution in [-0.2, 0) is 9.53 Å². The normalized spacial score (nSPS) is 36.6. The van der Waals surface area contributed by atoms with Gasteiger partial charge in [-0.2, -0.15) is 0 Å². The van der Waals surface area contributed by atoms with Crippen molar-refractivity contribution in [1.82, 2.24) is 10.6 Å². The number of hydrogen-bond donors (Lipinski definition) is 2. The largest absolute Gasteiger partial charge is 0.379 e. The van der Waals surface area contributed by atoms with Crippen LogP contribution in [0, 0.1) is 11.8 Å². The molecule has 1 saturated carbocycles. The summed E-state index contributed by atoms with van der Waals surface area (Å²) < 4.78 is 5.40. The van der Waals surface area contributed by atoms with E-state index in [1.807, 2.05) is 7.05 Å². The van der Waals surface area contributed by atoms with Crippen LogP contribution >= 0.6 is 0 Å². The van der Waals surface area contributed by atoms with Gasteiger partial charge in [0, 0.05) is 12.1 Å². The highest BCUT2D eigenvalue weighted by molar-refractivity contribution is 5.80. The Hall–Kier alpha value is -0.610. The van der Waals surface area contributed by atoms with E-state index in [1.54, 1.807) is 0 Å². The third kappa shape index (κ3) is 3.04. The fraction of sp³-hybridized carbons (Fsp3) is 0.929. The van der Waals surface area contributed by atoms with Gasteiger partial charge in [0.15, 0.2) is 0 Å². The van der Waals surface area contributed by atoms with E-state index < -0.39 is 0 Å². The molecule has 0 aromatic rings. The maximum absolute atomic E-state index is 12.3. The number of rotatable bonds is 4. The third-order valence-corrected chi connectivity index (χ3v) is 4.55. The Morgan fingerprint density at radius 2 is 2.00 bits per heavy atom. The smallest absolute Gasteiger partial charge is 0.227 e. The zero-order valence-electron chi connectivity index (χ0n) is 11.6. The lowest BCUT2D eigenvalue weighted by Crippen LogP contribution is -2.48. The molecule has 2 N–H and O–H groups in total. The topological polar surface area (TPSA) is 50.4 Å². The molecular formula is C14H26N2O2. The van der Waals surface area contributed by atoms with E-state index in [9.17, 15) is 4.79 Å². The van der Waals surface area contributed by atoms with Gasteiger partial charge in [0.2, 0.25) is 5.91 Å². The number of carbonyl (C=O) groups is 1. The quantitative estimate of drug-likeness (QED) is 0.795. The molecule has 1 aliphatic heterocycles. The Balaban J connectivity index is 1.89. The molecule has 4 unspecified atom stereocenters. The molecule has 1 amide bonds. The second-order valence-corrected chi connectivity index (χ2v) is 5.61. The molecule has 2 rings (SSSR count). The molecule has 18 heavy (non-hydrogen) atoms. The second-order valence-electron chi connectivity index (χ2n) is 5.61. The van der Waals surface area contributed by atoms with Gasteiger partial charge in [-0.3, -0.25) is 4.79 Å². The van der Waals surface area contributed by atoms with Crippen LogP contribution in [0.15, 0.2) is 0 Å². The minimum atomic E-state index is -0.0190. The first kappa shape index (κ1) is 13.8. The van der Waals surface area contributed by atoms with Crippen LogP contribution in [0.2, 0.25) is 0 Å². The van der Waals surface area contributed by atoms with Crippen LogP contribution in [0.25, 0.3) is 0 Å². The van der Waals surface area contributed by atoms with E-state index in [4.69, 9.17) is 4.74 Å². The highest BCUT2D eigenvalue weighted by atomic mass is 16.5.